The van der Waals surface area contributed by atoms with Crippen LogP contribution >= 0.6 is 0 Å². The van der Waals surface area contributed by atoms with Crippen molar-refractivity contribution in [1.82, 2.24) is 4.98 Å². The Labute approximate surface area is 158 Å². The molecule has 1 aromatic carbocycles. The third-order valence-corrected chi connectivity index (χ3v) is 4.34. The Morgan fingerprint density at radius 1 is 1.07 bits per heavy atom. The van der Waals surface area contributed by atoms with Gasteiger partial charge in [0, 0.05) is 17.7 Å². The summed E-state index contributed by atoms with van der Waals surface area (Å²) in [4.78, 5) is 39.5. The molecule has 0 spiro atoms. The van der Waals surface area contributed by atoms with Crippen LogP contribution in [0.2, 0.25) is 0 Å². The van der Waals surface area contributed by atoms with Crippen molar-refractivity contribution in [2.75, 3.05) is 6.61 Å². The maximum atomic E-state index is 12.8. The zero-order chi connectivity index (χ0) is 20.1. The highest BCUT2D eigenvalue weighted by molar-refractivity contribution is 6.03. The first-order valence-electron chi connectivity index (χ1n) is 9.00. The Kier molecular flexibility index (Phi) is 6.55. The van der Waals surface area contributed by atoms with Crippen molar-refractivity contribution in [3.8, 4) is 5.75 Å². The minimum atomic E-state index is -0.760. The molecule has 144 valence electrons. The summed E-state index contributed by atoms with van der Waals surface area (Å²) in [6.07, 6.45) is -0.326. The Bertz CT molecular complexity index is 848. The Balaban J connectivity index is 2.17. The molecule has 0 aliphatic heterocycles. The van der Waals surface area contributed by atoms with E-state index in [2.05, 4.69) is 4.98 Å². The van der Waals surface area contributed by atoms with Gasteiger partial charge in [-0.05, 0) is 57.5 Å². The Hall–Kier alpha value is -2.89. The molecule has 0 saturated heterocycles. The predicted octanol–water partition coefficient (Wildman–Crippen LogP) is 4.05. The highest BCUT2D eigenvalue weighted by atomic mass is 16.5. The van der Waals surface area contributed by atoms with Gasteiger partial charge in [0.25, 0.3) is 0 Å². The molecule has 1 aromatic heterocycles. The number of hydrogen-bond donors (Lipinski definition) is 1. The minimum absolute atomic E-state index is 0.0506. The number of esters is 1. The van der Waals surface area contributed by atoms with Gasteiger partial charge in [0.05, 0.1) is 17.9 Å². The maximum Gasteiger partial charge on any atom is 0.340 e. The first-order chi connectivity index (χ1) is 12.8. The SMILES string of the molecule is CCOC(=O)c1c(C)[nH]c(C(=O)[C@@H](C)Oc2ccc(C(=O)CC)cc2)c1C. The van der Waals surface area contributed by atoms with E-state index >= 15 is 0 Å². The third-order valence-electron chi connectivity index (χ3n) is 4.34. The second-order valence-corrected chi connectivity index (χ2v) is 6.27. The molecule has 0 amide bonds. The Morgan fingerprint density at radius 3 is 2.26 bits per heavy atom. The summed E-state index contributed by atoms with van der Waals surface area (Å²) in [6, 6.07) is 6.70. The second kappa shape index (κ2) is 8.66. The van der Waals surface area contributed by atoms with E-state index in [0.29, 0.717) is 40.2 Å². The van der Waals surface area contributed by atoms with E-state index in [1.165, 1.54) is 0 Å². The standard InChI is InChI=1S/C21H25NO5/c1-6-17(23)15-8-10-16(11-9-15)27-14(5)20(24)19-12(3)18(13(4)22-19)21(25)26-7-2/h8-11,14,22H,6-7H2,1-5H3/t14-/m1/s1. The molecule has 6 heteroatoms. The summed E-state index contributed by atoms with van der Waals surface area (Å²) in [5, 5.41) is 0. The zero-order valence-electron chi connectivity index (χ0n) is 16.3. The van der Waals surface area contributed by atoms with Crippen LogP contribution in [0.15, 0.2) is 24.3 Å². The van der Waals surface area contributed by atoms with Gasteiger partial charge in [0.2, 0.25) is 5.78 Å². The molecule has 0 unspecified atom stereocenters. The summed E-state index contributed by atoms with van der Waals surface area (Å²) in [6.45, 7) is 8.89. The number of H-pyrrole nitrogens is 1. The van der Waals surface area contributed by atoms with Gasteiger partial charge in [0.15, 0.2) is 11.9 Å². The normalized spacial score (nSPS) is 11.7. The zero-order valence-corrected chi connectivity index (χ0v) is 16.3. The highest BCUT2D eigenvalue weighted by Crippen LogP contribution is 2.22. The van der Waals surface area contributed by atoms with Crippen LogP contribution in [0, 0.1) is 13.8 Å². The minimum Gasteiger partial charge on any atom is -0.483 e. The number of ketones is 2. The lowest BCUT2D eigenvalue weighted by Gasteiger charge is -2.14. The van der Waals surface area contributed by atoms with Crippen molar-refractivity contribution < 1.29 is 23.9 Å². The maximum absolute atomic E-state index is 12.8. The van der Waals surface area contributed by atoms with Crippen LogP contribution in [0.5, 0.6) is 5.75 Å². The fraction of sp³-hybridized carbons (Fsp3) is 0.381. The van der Waals surface area contributed by atoms with E-state index in [4.69, 9.17) is 9.47 Å². The van der Waals surface area contributed by atoms with Crippen LogP contribution in [0.1, 0.15) is 69.7 Å². The topological polar surface area (TPSA) is 85.5 Å². The van der Waals surface area contributed by atoms with Gasteiger partial charge in [-0.1, -0.05) is 6.92 Å². The highest BCUT2D eigenvalue weighted by Gasteiger charge is 2.26. The van der Waals surface area contributed by atoms with Crippen molar-refractivity contribution in [3.05, 3.63) is 52.3 Å². The molecule has 0 aliphatic carbocycles. The van der Waals surface area contributed by atoms with E-state index in [0.717, 1.165) is 0 Å². The molecular weight excluding hydrogens is 346 g/mol. The molecule has 0 saturated carbocycles. The number of carbonyl (C=O) groups excluding carboxylic acids is 3. The van der Waals surface area contributed by atoms with Gasteiger partial charge in [-0.3, -0.25) is 9.59 Å². The van der Waals surface area contributed by atoms with E-state index in [-0.39, 0.29) is 18.2 Å². The lowest BCUT2D eigenvalue weighted by Crippen LogP contribution is -2.25. The molecule has 27 heavy (non-hydrogen) atoms. The van der Waals surface area contributed by atoms with Crippen LogP contribution in [-0.4, -0.2) is 35.2 Å². The van der Waals surface area contributed by atoms with Crippen LogP contribution in [0.25, 0.3) is 0 Å². The van der Waals surface area contributed by atoms with E-state index in [9.17, 15) is 14.4 Å². The number of carbonyl (C=O) groups is 3. The molecule has 2 rings (SSSR count). The van der Waals surface area contributed by atoms with Crippen molar-refractivity contribution >= 4 is 17.5 Å². The average molecular weight is 371 g/mol. The largest absolute Gasteiger partial charge is 0.483 e. The number of aromatic amines is 1. The smallest absolute Gasteiger partial charge is 0.340 e. The second-order valence-electron chi connectivity index (χ2n) is 6.27. The fourth-order valence-corrected chi connectivity index (χ4v) is 2.89. The fourth-order valence-electron chi connectivity index (χ4n) is 2.89. The van der Waals surface area contributed by atoms with E-state index in [1.54, 1.807) is 58.9 Å². The molecule has 0 bridgehead atoms. The number of hydrogen-bond acceptors (Lipinski definition) is 5. The molecule has 2 aromatic rings. The number of ether oxygens (including phenoxy) is 2. The van der Waals surface area contributed by atoms with Gasteiger partial charge < -0.3 is 14.5 Å². The molecular formula is C21H25NO5. The average Bonchev–Trinajstić information content (AvgIpc) is 2.95. The van der Waals surface area contributed by atoms with Crippen molar-refractivity contribution in [2.24, 2.45) is 0 Å². The number of aryl methyl sites for hydroxylation is 1. The van der Waals surface area contributed by atoms with Gasteiger partial charge in [-0.2, -0.15) is 0 Å². The van der Waals surface area contributed by atoms with Crippen LogP contribution in [0.3, 0.4) is 0 Å². The summed E-state index contributed by atoms with van der Waals surface area (Å²) >= 11 is 0. The van der Waals surface area contributed by atoms with Crippen molar-refractivity contribution in [2.45, 2.75) is 47.1 Å². The molecule has 1 N–H and O–H groups in total. The number of benzene rings is 1. The summed E-state index contributed by atoms with van der Waals surface area (Å²) < 4.78 is 10.8. The van der Waals surface area contributed by atoms with Crippen LogP contribution in [0.4, 0.5) is 0 Å². The van der Waals surface area contributed by atoms with Crippen molar-refractivity contribution in [3.63, 3.8) is 0 Å². The van der Waals surface area contributed by atoms with Crippen LogP contribution in [-0.2, 0) is 4.74 Å². The van der Waals surface area contributed by atoms with Gasteiger partial charge in [-0.25, -0.2) is 4.79 Å². The summed E-state index contributed by atoms with van der Waals surface area (Å²) in [7, 11) is 0. The molecule has 0 fully saturated rings. The lowest BCUT2D eigenvalue weighted by atomic mass is 10.1. The molecule has 1 heterocycles. The molecule has 0 aliphatic rings. The quantitative estimate of drug-likeness (QED) is 0.559. The Morgan fingerprint density at radius 2 is 1.70 bits per heavy atom. The molecule has 1 atom stereocenters. The monoisotopic (exact) mass is 371 g/mol. The van der Waals surface area contributed by atoms with Gasteiger partial charge >= 0.3 is 5.97 Å². The number of rotatable bonds is 8. The van der Waals surface area contributed by atoms with Gasteiger partial charge in [-0.15, -0.1) is 0 Å². The first kappa shape index (κ1) is 20.4. The van der Waals surface area contributed by atoms with E-state index in [1.807, 2.05) is 0 Å². The lowest BCUT2D eigenvalue weighted by molar-refractivity contribution is 0.0525. The predicted molar refractivity (Wildman–Crippen MR) is 102 cm³/mol. The molecule has 6 nitrogen and oxygen atoms in total. The summed E-state index contributed by atoms with van der Waals surface area (Å²) in [5.41, 5.74) is 2.47. The summed E-state index contributed by atoms with van der Waals surface area (Å²) in [5.74, 6) is -0.169. The van der Waals surface area contributed by atoms with E-state index < -0.39 is 12.1 Å². The number of aromatic nitrogens is 1. The van der Waals surface area contributed by atoms with Gasteiger partial charge in [0.1, 0.15) is 5.75 Å². The first-order valence-corrected chi connectivity index (χ1v) is 9.00. The third kappa shape index (κ3) is 4.45. The molecule has 0 radical (unpaired) electrons. The number of nitrogens with one attached hydrogen (secondary N) is 1. The number of Topliss-reactive ketones (excluding diaryl/α,β-unsaturated/α-hetero) is 2. The van der Waals surface area contributed by atoms with Crippen LogP contribution < -0.4 is 4.74 Å². The van der Waals surface area contributed by atoms with Crippen molar-refractivity contribution in [1.29, 1.82) is 0 Å².